The molecule has 2 N–H and O–H groups in total. The van der Waals surface area contributed by atoms with Crippen molar-refractivity contribution < 1.29 is 37.7 Å². The largest absolute Gasteiger partial charge is 0.497 e. The number of carboxylic acids is 1. The van der Waals surface area contributed by atoms with E-state index in [2.05, 4.69) is 10.2 Å². The van der Waals surface area contributed by atoms with Crippen LogP contribution in [0.3, 0.4) is 0 Å². The highest BCUT2D eigenvalue weighted by Crippen LogP contribution is 2.36. The zero-order chi connectivity index (χ0) is 28.5. The van der Waals surface area contributed by atoms with Crippen molar-refractivity contribution in [2.75, 3.05) is 37.5 Å². The maximum absolute atomic E-state index is 14.1. The smallest absolute Gasteiger partial charge is 0.379 e. The second kappa shape index (κ2) is 10.8. The third kappa shape index (κ3) is 5.89. The molecule has 3 aromatic carbocycles. The summed E-state index contributed by atoms with van der Waals surface area (Å²) < 4.78 is 45.5. The molecule has 0 spiro atoms. The van der Waals surface area contributed by atoms with Crippen LogP contribution in [0.2, 0.25) is 0 Å². The number of hydrogen-bond donors (Lipinski definition) is 2. The van der Waals surface area contributed by atoms with Crippen molar-refractivity contribution in [3.63, 3.8) is 0 Å². The number of nitrogens with one attached hydrogen (secondary N) is 1. The highest BCUT2D eigenvalue weighted by molar-refractivity contribution is 6.06. The van der Waals surface area contributed by atoms with E-state index in [0.717, 1.165) is 29.3 Å². The first kappa shape index (κ1) is 27.7. The lowest BCUT2D eigenvalue weighted by atomic mass is 10.0. The number of ether oxygens (including phenoxy) is 3. The van der Waals surface area contributed by atoms with Gasteiger partial charge in [0, 0.05) is 29.9 Å². The van der Waals surface area contributed by atoms with Gasteiger partial charge in [0.05, 0.1) is 19.3 Å². The Morgan fingerprint density at radius 2 is 1.77 bits per heavy atom. The number of hydrogen-bond acceptors (Lipinski definition) is 6. The second-order valence-corrected chi connectivity index (χ2v) is 9.62. The van der Waals surface area contributed by atoms with Gasteiger partial charge in [-0.3, -0.25) is 4.79 Å². The molecule has 1 amide bonds. The quantitative estimate of drug-likeness (QED) is 0.399. The van der Waals surface area contributed by atoms with E-state index >= 15 is 0 Å². The molecule has 0 aliphatic carbocycles. The van der Waals surface area contributed by atoms with E-state index in [1.807, 2.05) is 25.2 Å². The molecule has 0 fully saturated rings. The fourth-order valence-electron chi connectivity index (χ4n) is 4.64. The lowest BCUT2D eigenvalue weighted by Gasteiger charge is -2.34. The number of likely N-dealkylation sites (N-methyl/N-ethyl adjacent to an activating group) is 1. The number of benzene rings is 3. The van der Waals surface area contributed by atoms with Gasteiger partial charge in [-0.1, -0.05) is 0 Å². The summed E-state index contributed by atoms with van der Waals surface area (Å²) >= 11 is 0. The molecule has 1 aliphatic heterocycles. The van der Waals surface area contributed by atoms with Crippen LogP contribution in [-0.4, -0.2) is 50.4 Å². The van der Waals surface area contributed by atoms with Crippen molar-refractivity contribution in [3.8, 4) is 17.2 Å². The Bertz CT molecular complexity index is 1400. The molecule has 206 valence electrons. The van der Waals surface area contributed by atoms with Gasteiger partial charge in [-0.25, -0.2) is 4.79 Å². The molecular formula is C29H30F2N2O6. The topological polar surface area (TPSA) is 97.3 Å². The summed E-state index contributed by atoms with van der Waals surface area (Å²) in [5, 5.41) is 11.5. The molecule has 0 saturated carbocycles. The lowest BCUT2D eigenvalue weighted by molar-refractivity contribution is -0.166. The third-order valence-corrected chi connectivity index (χ3v) is 6.48. The summed E-state index contributed by atoms with van der Waals surface area (Å²) in [7, 11) is 3.58. The number of anilines is 2. The van der Waals surface area contributed by atoms with E-state index in [9.17, 15) is 18.4 Å². The van der Waals surface area contributed by atoms with Crippen molar-refractivity contribution in [2.24, 2.45) is 0 Å². The van der Waals surface area contributed by atoms with E-state index in [1.54, 1.807) is 40.0 Å². The first-order chi connectivity index (χ1) is 18.4. The van der Waals surface area contributed by atoms with Crippen LogP contribution in [0.15, 0.2) is 48.5 Å². The van der Waals surface area contributed by atoms with Crippen molar-refractivity contribution in [1.29, 1.82) is 0 Å². The monoisotopic (exact) mass is 540 g/mol. The first-order valence-corrected chi connectivity index (χ1v) is 12.2. The minimum absolute atomic E-state index is 0.0755. The van der Waals surface area contributed by atoms with E-state index in [-0.39, 0.29) is 18.4 Å². The van der Waals surface area contributed by atoms with E-state index in [4.69, 9.17) is 19.3 Å². The fourth-order valence-corrected chi connectivity index (χ4v) is 4.64. The van der Waals surface area contributed by atoms with Crippen LogP contribution in [-0.2, 0) is 10.7 Å². The van der Waals surface area contributed by atoms with Gasteiger partial charge in [0.15, 0.2) is 0 Å². The van der Waals surface area contributed by atoms with Gasteiger partial charge in [-0.15, -0.1) is 0 Å². The van der Waals surface area contributed by atoms with Gasteiger partial charge in [-0.05, 0) is 79.9 Å². The molecule has 0 saturated heterocycles. The van der Waals surface area contributed by atoms with E-state index < -0.39 is 23.4 Å². The highest BCUT2D eigenvalue weighted by atomic mass is 19.3. The number of carbonyl (C=O) groups excluding carboxylic acids is 1. The molecule has 10 heteroatoms. The summed E-state index contributed by atoms with van der Waals surface area (Å²) in [6.45, 7) is 5.94. The maximum Gasteiger partial charge on any atom is 0.379 e. The van der Waals surface area contributed by atoms with Gasteiger partial charge >= 0.3 is 11.9 Å². The van der Waals surface area contributed by atoms with Gasteiger partial charge in [0.2, 0.25) is 0 Å². The normalized spacial score (nSPS) is 14.7. The summed E-state index contributed by atoms with van der Waals surface area (Å²) in [5.41, 5.74) is 2.31. The molecule has 1 heterocycles. The number of halogens is 2. The fraction of sp³-hybridized carbons (Fsp3) is 0.310. The van der Waals surface area contributed by atoms with Gasteiger partial charge in [-0.2, -0.15) is 8.78 Å². The van der Waals surface area contributed by atoms with Crippen molar-refractivity contribution in [2.45, 2.75) is 32.8 Å². The standard InChI is InChI=1S/C29H30F2N2O6/c1-16-8-19(29(30,31)28(35)36)12-20(9-16)32-27(34)26-17(2)10-22(11-18(26)3)38-15-23-14-33(4)24-13-21(37-5)6-7-25(24)39-23/h6-13,23H,14-15H2,1-5H3,(H,32,34)(H,35,36)/t23-/m0/s1. The molecule has 0 aromatic heterocycles. The Hall–Kier alpha value is -4.34. The third-order valence-electron chi connectivity index (χ3n) is 6.48. The minimum Gasteiger partial charge on any atom is -0.497 e. The average Bonchev–Trinajstić information content (AvgIpc) is 2.86. The first-order valence-electron chi connectivity index (χ1n) is 12.2. The molecule has 8 nitrogen and oxygen atoms in total. The van der Waals surface area contributed by atoms with Crippen LogP contribution in [0, 0.1) is 20.8 Å². The molecule has 4 rings (SSSR count). The summed E-state index contributed by atoms with van der Waals surface area (Å²) in [4.78, 5) is 26.2. The van der Waals surface area contributed by atoms with Crippen LogP contribution in [0.4, 0.5) is 20.2 Å². The maximum atomic E-state index is 14.1. The van der Waals surface area contributed by atoms with Crippen LogP contribution < -0.4 is 24.4 Å². The predicted octanol–water partition coefficient (Wildman–Crippen LogP) is 5.33. The van der Waals surface area contributed by atoms with Crippen molar-refractivity contribution in [3.05, 3.63) is 76.3 Å². The molecule has 1 aliphatic rings. The molecule has 0 bridgehead atoms. The SMILES string of the molecule is COc1ccc2c(c1)N(C)C[C@@H](COc1cc(C)c(C(=O)Nc3cc(C)cc(C(F)(F)C(=O)O)c3)c(C)c1)O2. The Balaban J connectivity index is 1.46. The Labute approximate surface area is 225 Å². The molecule has 39 heavy (non-hydrogen) atoms. The van der Waals surface area contributed by atoms with Crippen molar-refractivity contribution in [1.82, 2.24) is 0 Å². The summed E-state index contributed by atoms with van der Waals surface area (Å²) in [6.07, 6.45) is -0.223. The van der Waals surface area contributed by atoms with Gasteiger partial charge < -0.3 is 29.5 Å². The number of fused-ring (bicyclic) bond motifs is 1. The van der Waals surface area contributed by atoms with Crippen LogP contribution in [0.1, 0.15) is 32.6 Å². The van der Waals surface area contributed by atoms with E-state index in [1.165, 1.54) is 6.07 Å². The summed E-state index contributed by atoms with van der Waals surface area (Å²) in [5.74, 6) is -4.80. The number of amides is 1. The van der Waals surface area contributed by atoms with Crippen molar-refractivity contribution >= 4 is 23.3 Å². The number of aryl methyl sites for hydroxylation is 3. The number of rotatable bonds is 8. The average molecular weight is 541 g/mol. The number of carbonyl (C=O) groups is 2. The molecule has 0 unspecified atom stereocenters. The van der Waals surface area contributed by atoms with Crippen LogP contribution in [0.5, 0.6) is 17.2 Å². The second-order valence-electron chi connectivity index (χ2n) is 9.62. The molecule has 0 radical (unpaired) electrons. The summed E-state index contributed by atoms with van der Waals surface area (Å²) in [6, 6.07) is 12.6. The molecular weight excluding hydrogens is 510 g/mol. The van der Waals surface area contributed by atoms with Crippen LogP contribution in [0.25, 0.3) is 0 Å². The van der Waals surface area contributed by atoms with E-state index in [0.29, 0.717) is 34.5 Å². The lowest BCUT2D eigenvalue weighted by Crippen LogP contribution is -2.41. The van der Waals surface area contributed by atoms with Crippen LogP contribution >= 0.6 is 0 Å². The minimum atomic E-state index is -4.08. The number of methoxy groups -OCH3 is 1. The number of carboxylic acid groups (broad SMARTS) is 1. The number of nitrogens with zero attached hydrogens (tertiary/aromatic N) is 1. The number of alkyl halides is 2. The van der Waals surface area contributed by atoms with Gasteiger partial charge in [0.1, 0.15) is 30.0 Å². The highest BCUT2D eigenvalue weighted by Gasteiger charge is 2.41. The number of aliphatic carboxylic acids is 1. The zero-order valence-corrected chi connectivity index (χ0v) is 22.3. The molecule has 1 atom stereocenters. The Morgan fingerprint density at radius 1 is 1.08 bits per heavy atom. The Kier molecular flexibility index (Phi) is 7.67. The Morgan fingerprint density at radius 3 is 2.41 bits per heavy atom. The predicted molar refractivity (Wildman–Crippen MR) is 143 cm³/mol. The zero-order valence-electron chi connectivity index (χ0n) is 22.3. The van der Waals surface area contributed by atoms with Gasteiger partial charge in [0.25, 0.3) is 5.91 Å². The molecule has 3 aromatic rings.